The summed E-state index contributed by atoms with van der Waals surface area (Å²) < 4.78 is 10.4. The van der Waals surface area contributed by atoms with Gasteiger partial charge in [-0.15, -0.1) is 0 Å². The highest BCUT2D eigenvalue weighted by Crippen LogP contribution is 2.28. The van der Waals surface area contributed by atoms with Gasteiger partial charge in [0.25, 0.3) is 5.91 Å². The van der Waals surface area contributed by atoms with Gasteiger partial charge in [-0.25, -0.2) is 0 Å². The number of rotatable bonds is 4. The Labute approximate surface area is 133 Å². The number of carbonyl (C=O) groups excluding carboxylic acids is 1. The van der Waals surface area contributed by atoms with Crippen LogP contribution in [0.3, 0.4) is 0 Å². The number of hydrogen-bond acceptors (Lipinski definition) is 5. The van der Waals surface area contributed by atoms with Gasteiger partial charge in [-0.1, -0.05) is 47.6 Å². The molecule has 6 nitrogen and oxygen atoms in total. The zero-order valence-corrected chi connectivity index (χ0v) is 13.2. The van der Waals surface area contributed by atoms with E-state index < -0.39 is 0 Å². The summed E-state index contributed by atoms with van der Waals surface area (Å²) in [5.41, 5.74) is 3.49. The van der Waals surface area contributed by atoms with E-state index in [-0.39, 0.29) is 5.91 Å². The molecule has 2 heterocycles. The van der Waals surface area contributed by atoms with Crippen molar-refractivity contribution in [1.29, 1.82) is 0 Å². The topological polar surface area (TPSA) is 81.2 Å². The van der Waals surface area contributed by atoms with Gasteiger partial charge in [0.15, 0.2) is 0 Å². The predicted octanol–water partition coefficient (Wildman–Crippen LogP) is 3.76. The first kappa shape index (κ1) is 15.0. The van der Waals surface area contributed by atoms with Crippen molar-refractivity contribution in [2.75, 3.05) is 5.32 Å². The molecule has 0 aliphatic carbocycles. The number of amides is 1. The Bertz CT molecular complexity index is 834. The minimum Gasteiger partial charge on any atom is -0.361 e. The van der Waals surface area contributed by atoms with Gasteiger partial charge < -0.3 is 9.05 Å². The quantitative estimate of drug-likeness (QED) is 0.793. The van der Waals surface area contributed by atoms with Crippen molar-refractivity contribution in [3.05, 3.63) is 52.9 Å². The van der Waals surface area contributed by atoms with E-state index in [0.717, 1.165) is 11.1 Å². The van der Waals surface area contributed by atoms with Crippen LogP contribution in [0.25, 0.3) is 11.3 Å². The van der Waals surface area contributed by atoms with Crippen LogP contribution in [-0.2, 0) is 6.42 Å². The van der Waals surface area contributed by atoms with E-state index in [0.29, 0.717) is 35.0 Å². The number of anilines is 1. The lowest BCUT2D eigenvalue weighted by molar-refractivity contribution is 0.102. The molecule has 1 amide bonds. The summed E-state index contributed by atoms with van der Waals surface area (Å²) in [7, 11) is 0. The van der Waals surface area contributed by atoms with Crippen molar-refractivity contribution in [2.24, 2.45) is 0 Å². The summed E-state index contributed by atoms with van der Waals surface area (Å²) >= 11 is 0. The molecule has 1 N–H and O–H groups in total. The average Bonchev–Trinajstić information content (AvgIpc) is 3.11. The highest BCUT2D eigenvalue weighted by molar-refractivity contribution is 6.05. The van der Waals surface area contributed by atoms with Gasteiger partial charge in [0.05, 0.1) is 5.69 Å². The standard InChI is InChI=1S/C17H17N3O3/c1-4-13-14(11(3)22-19-13)16(21)18-17-10(2)15(20-23-17)12-8-6-5-7-9-12/h5-9H,4H2,1-3H3,(H,18,21). The lowest BCUT2D eigenvalue weighted by atomic mass is 10.1. The van der Waals surface area contributed by atoms with Crippen LogP contribution >= 0.6 is 0 Å². The normalized spacial score (nSPS) is 10.7. The van der Waals surface area contributed by atoms with Crippen LogP contribution < -0.4 is 5.32 Å². The monoisotopic (exact) mass is 311 g/mol. The van der Waals surface area contributed by atoms with Gasteiger partial charge in [0, 0.05) is 11.1 Å². The minimum atomic E-state index is -0.306. The number of aromatic nitrogens is 2. The molecule has 0 aliphatic rings. The van der Waals surface area contributed by atoms with Crippen molar-refractivity contribution in [2.45, 2.75) is 27.2 Å². The van der Waals surface area contributed by atoms with E-state index in [1.54, 1.807) is 6.92 Å². The van der Waals surface area contributed by atoms with Crippen molar-refractivity contribution < 1.29 is 13.8 Å². The second-order valence-corrected chi connectivity index (χ2v) is 5.22. The first-order chi connectivity index (χ1) is 11.1. The highest BCUT2D eigenvalue weighted by atomic mass is 16.5. The van der Waals surface area contributed by atoms with Gasteiger partial charge in [-0.05, 0) is 20.3 Å². The summed E-state index contributed by atoms with van der Waals surface area (Å²) in [5, 5.41) is 10.7. The van der Waals surface area contributed by atoms with Gasteiger partial charge in [-0.2, -0.15) is 0 Å². The molecule has 0 atom stereocenters. The Kier molecular flexibility index (Phi) is 3.97. The maximum atomic E-state index is 12.5. The molecule has 3 rings (SSSR count). The van der Waals surface area contributed by atoms with Crippen molar-refractivity contribution in [1.82, 2.24) is 10.3 Å². The van der Waals surface area contributed by atoms with E-state index in [1.807, 2.05) is 44.2 Å². The first-order valence-corrected chi connectivity index (χ1v) is 7.40. The van der Waals surface area contributed by atoms with Crippen LogP contribution in [0.2, 0.25) is 0 Å². The smallest absolute Gasteiger partial charge is 0.263 e. The fourth-order valence-electron chi connectivity index (χ4n) is 2.43. The fourth-order valence-corrected chi connectivity index (χ4v) is 2.43. The van der Waals surface area contributed by atoms with Crippen LogP contribution in [0.1, 0.15) is 34.3 Å². The van der Waals surface area contributed by atoms with Crippen LogP contribution in [0.15, 0.2) is 39.4 Å². The molecule has 118 valence electrons. The van der Waals surface area contributed by atoms with Gasteiger partial charge >= 0.3 is 0 Å². The molecular weight excluding hydrogens is 294 g/mol. The molecule has 0 aliphatic heterocycles. The number of nitrogens with one attached hydrogen (secondary N) is 1. The highest BCUT2D eigenvalue weighted by Gasteiger charge is 2.22. The Morgan fingerprint density at radius 1 is 1.13 bits per heavy atom. The summed E-state index contributed by atoms with van der Waals surface area (Å²) in [6, 6.07) is 9.67. The van der Waals surface area contributed by atoms with Crippen molar-refractivity contribution in [3.8, 4) is 11.3 Å². The van der Waals surface area contributed by atoms with E-state index in [1.165, 1.54) is 0 Å². The van der Waals surface area contributed by atoms with Gasteiger partial charge in [0.2, 0.25) is 5.88 Å². The number of nitrogens with zero attached hydrogens (tertiary/aromatic N) is 2. The molecule has 0 saturated heterocycles. The molecule has 6 heteroatoms. The summed E-state index contributed by atoms with van der Waals surface area (Å²) in [6.45, 7) is 5.49. The predicted molar refractivity (Wildman–Crippen MR) is 85.2 cm³/mol. The maximum absolute atomic E-state index is 12.5. The third-order valence-corrected chi connectivity index (χ3v) is 3.69. The zero-order valence-electron chi connectivity index (χ0n) is 13.2. The number of benzene rings is 1. The molecule has 23 heavy (non-hydrogen) atoms. The molecule has 2 aromatic heterocycles. The molecule has 1 aromatic carbocycles. The van der Waals surface area contributed by atoms with Gasteiger partial charge in [0.1, 0.15) is 17.0 Å². The van der Waals surface area contributed by atoms with E-state index >= 15 is 0 Å². The van der Waals surface area contributed by atoms with Crippen LogP contribution in [0.4, 0.5) is 5.88 Å². The zero-order chi connectivity index (χ0) is 16.4. The second-order valence-electron chi connectivity index (χ2n) is 5.22. The number of aryl methyl sites for hydroxylation is 2. The number of carbonyl (C=O) groups is 1. The van der Waals surface area contributed by atoms with Crippen molar-refractivity contribution in [3.63, 3.8) is 0 Å². The molecule has 0 bridgehead atoms. The van der Waals surface area contributed by atoms with E-state index in [2.05, 4.69) is 15.6 Å². The third-order valence-electron chi connectivity index (χ3n) is 3.69. The molecule has 0 unspecified atom stereocenters. The molecule has 3 aromatic rings. The van der Waals surface area contributed by atoms with Gasteiger partial charge in [-0.3, -0.25) is 10.1 Å². The second kappa shape index (κ2) is 6.08. The minimum absolute atomic E-state index is 0.306. The molecule has 0 radical (unpaired) electrons. The Morgan fingerprint density at radius 2 is 1.87 bits per heavy atom. The van der Waals surface area contributed by atoms with Crippen LogP contribution in [0, 0.1) is 13.8 Å². The first-order valence-electron chi connectivity index (χ1n) is 7.40. The largest absolute Gasteiger partial charge is 0.361 e. The summed E-state index contributed by atoms with van der Waals surface area (Å²) in [6.07, 6.45) is 0.616. The Hall–Kier alpha value is -2.89. The van der Waals surface area contributed by atoms with E-state index in [4.69, 9.17) is 9.05 Å². The Balaban J connectivity index is 1.88. The summed E-state index contributed by atoms with van der Waals surface area (Å²) in [5.74, 6) is 0.510. The molecular formula is C17H17N3O3. The SMILES string of the molecule is CCc1noc(C)c1C(=O)Nc1onc(-c2ccccc2)c1C. The molecule has 0 spiro atoms. The molecule has 0 fully saturated rings. The van der Waals surface area contributed by atoms with Crippen molar-refractivity contribution >= 4 is 11.8 Å². The maximum Gasteiger partial charge on any atom is 0.263 e. The van der Waals surface area contributed by atoms with E-state index in [9.17, 15) is 4.79 Å². The Morgan fingerprint density at radius 3 is 2.57 bits per heavy atom. The fraction of sp³-hybridized carbons (Fsp3) is 0.235. The van der Waals surface area contributed by atoms with Crippen LogP contribution in [-0.4, -0.2) is 16.2 Å². The summed E-state index contributed by atoms with van der Waals surface area (Å²) in [4.78, 5) is 12.5. The van der Waals surface area contributed by atoms with Crippen LogP contribution in [0.5, 0.6) is 0 Å². The molecule has 0 saturated carbocycles. The average molecular weight is 311 g/mol. The third kappa shape index (κ3) is 2.75. The number of hydrogen-bond donors (Lipinski definition) is 1. The lowest BCUT2D eigenvalue weighted by Gasteiger charge is -2.02. The lowest BCUT2D eigenvalue weighted by Crippen LogP contribution is -2.14.